The summed E-state index contributed by atoms with van der Waals surface area (Å²) in [5.41, 5.74) is 0.842. The molecule has 128 valence electrons. The smallest absolute Gasteiger partial charge is 0.409 e. The minimum atomic E-state index is -3.66. The molecular formula is C15H22N2O5S. The van der Waals surface area contributed by atoms with Gasteiger partial charge in [-0.05, 0) is 31.5 Å². The van der Waals surface area contributed by atoms with Crippen molar-refractivity contribution in [3.05, 3.63) is 23.8 Å². The average molecular weight is 342 g/mol. The van der Waals surface area contributed by atoms with Gasteiger partial charge in [-0.1, -0.05) is 6.07 Å². The van der Waals surface area contributed by atoms with E-state index in [-0.39, 0.29) is 18.0 Å². The molecule has 2 rings (SSSR count). The monoisotopic (exact) mass is 342 g/mol. The Morgan fingerprint density at radius 2 is 1.87 bits per heavy atom. The lowest BCUT2D eigenvalue weighted by Crippen LogP contribution is -2.50. The van der Waals surface area contributed by atoms with Gasteiger partial charge in [0.25, 0.3) is 0 Å². The number of carbonyl (C=O) groups excluding carboxylic acids is 1. The van der Waals surface area contributed by atoms with Crippen LogP contribution in [0.1, 0.15) is 12.5 Å². The number of piperazine rings is 1. The van der Waals surface area contributed by atoms with Crippen LogP contribution in [0.3, 0.4) is 0 Å². The van der Waals surface area contributed by atoms with E-state index < -0.39 is 16.1 Å². The van der Waals surface area contributed by atoms with Crippen molar-refractivity contribution in [2.24, 2.45) is 0 Å². The molecule has 0 aliphatic carbocycles. The first-order valence-electron chi connectivity index (χ1n) is 7.46. The Bertz CT molecular complexity index is 666. The molecule has 8 heteroatoms. The third-order valence-corrected chi connectivity index (χ3v) is 5.62. The summed E-state index contributed by atoms with van der Waals surface area (Å²) in [6.07, 6.45) is -0.405. The standard InChI is InChI=1S/C15H22N2O5S/c1-4-22-15(18)16-7-9-17(10-8-16)23(19,20)14-11-12(2)5-6-13(14)21-3/h5-6,11H,4,7-10H2,1-3H3. The molecule has 0 spiro atoms. The molecule has 1 amide bonds. The maximum absolute atomic E-state index is 12.8. The first kappa shape index (κ1) is 17.6. The third-order valence-electron chi connectivity index (χ3n) is 3.70. The second kappa shape index (κ2) is 7.18. The third kappa shape index (κ3) is 3.76. The highest BCUT2D eigenvalue weighted by molar-refractivity contribution is 7.89. The van der Waals surface area contributed by atoms with Crippen LogP contribution >= 0.6 is 0 Å². The Balaban J connectivity index is 2.16. The highest BCUT2D eigenvalue weighted by atomic mass is 32.2. The molecule has 0 unspecified atom stereocenters. The number of rotatable bonds is 4. The maximum Gasteiger partial charge on any atom is 0.409 e. The van der Waals surface area contributed by atoms with Crippen molar-refractivity contribution in [1.82, 2.24) is 9.21 Å². The lowest BCUT2D eigenvalue weighted by atomic mass is 10.2. The minimum Gasteiger partial charge on any atom is -0.495 e. The van der Waals surface area contributed by atoms with E-state index in [0.717, 1.165) is 5.56 Å². The summed E-state index contributed by atoms with van der Waals surface area (Å²) in [5.74, 6) is 0.323. The molecule has 1 aliphatic heterocycles. The van der Waals surface area contributed by atoms with Gasteiger partial charge in [0.1, 0.15) is 10.6 Å². The SMILES string of the molecule is CCOC(=O)N1CCN(S(=O)(=O)c2cc(C)ccc2OC)CC1. The molecule has 0 radical (unpaired) electrons. The van der Waals surface area contributed by atoms with Gasteiger partial charge in [0.05, 0.1) is 13.7 Å². The van der Waals surface area contributed by atoms with Gasteiger partial charge in [0.15, 0.2) is 0 Å². The van der Waals surface area contributed by atoms with Crippen LogP contribution in [0.25, 0.3) is 0 Å². The van der Waals surface area contributed by atoms with E-state index in [1.807, 2.05) is 6.92 Å². The van der Waals surface area contributed by atoms with E-state index in [9.17, 15) is 13.2 Å². The molecule has 23 heavy (non-hydrogen) atoms. The van der Waals surface area contributed by atoms with Crippen molar-refractivity contribution in [2.75, 3.05) is 39.9 Å². The van der Waals surface area contributed by atoms with E-state index in [4.69, 9.17) is 9.47 Å². The van der Waals surface area contributed by atoms with Crippen molar-refractivity contribution in [2.45, 2.75) is 18.7 Å². The van der Waals surface area contributed by atoms with Crippen molar-refractivity contribution < 1.29 is 22.7 Å². The van der Waals surface area contributed by atoms with Gasteiger partial charge < -0.3 is 14.4 Å². The van der Waals surface area contributed by atoms with Gasteiger partial charge in [0.2, 0.25) is 10.0 Å². The van der Waals surface area contributed by atoms with Crippen LogP contribution in [0.2, 0.25) is 0 Å². The molecule has 1 aliphatic rings. The number of benzene rings is 1. The molecule has 1 heterocycles. The van der Waals surface area contributed by atoms with E-state index in [1.165, 1.54) is 16.3 Å². The maximum atomic E-state index is 12.8. The van der Waals surface area contributed by atoms with Crippen LogP contribution in [-0.2, 0) is 14.8 Å². The van der Waals surface area contributed by atoms with Gasteiger partial charge in [-0.2, -0.15) is 4.31 Å². The van der Waals surface area contributed by atoms with Crippen molar-refractivity contribution in [1.29, 1.82) is 0 Å². The van der Waals surface area contributed by atoms with Gasteiger partial charge in [-0.25, -0.2) is 13.2 Å². The number of carbonyl (C=O) groups is 1. The van der Waals surface area contributed by atoms with Crippen LogP contribution in [0.5, 0.6) is 5.75 Å². The predicted molar refractivity (Wildman–Crippen MR) is 85.1 cm³/mol. The molecule has 7 nitrogen and oxygen atoms in total. The number of ether oxygens (including phenoxy) is 2. The van der Waals surface area contributed by atoms with Crippen LogP contribution in [0.15, 0.2) is 23.1 Å². The summed E-state index contributed by atoms with van der Waals surface area (Å²) in [6.45, 7) is 4.96. The lowest BCUT2D eigenvalue weighted by molar-refractivity contribution is 0.0934. The molecule has 0 aromatic heterocycles. The predicted octanol–water partition coefficient (Wildman–Crippen LogP) is 1.47. The number of sulfonamides is 1. The summed E-state index contributed by atoms with van der Waals surface area (Å²) < 4.78 is 37.2. The Morgan fingerprint density at radius 1 is 1.22 bits per heavy atom. The quantitative estimate of drug-likeness (QED) is 0.828. The van der Waals surface area contributed by atoms with Crippen LogP contribution in [0, 0.1) is 6.92 Å². The fourth-order valence-electron chi connectivity index (χ4n) is 2.45. The van der Waals surface area contributed by atoms with E-state index in [2.05, 4.69) is 0 Å². The number of amides is 1. The largest absolute Gasteiger partial charge is 0.495 e. The Morgan fingerprint density at radius 3 is 2.43 bits per heavy atom. The zero-order chi connectivity index (χ0) is 17.0. The fraction of sp³-hybridized carbons (Fsp3) is 0.533. The first-order chi connectivity index (χ1) is 10.9. The van der Waals surface area contributed by atoms with E-state index in [1.54, 1.807) is 25.1 Å². The summed E-state index contributed by atoms with van der Waals surface area (Å²) in [5, 5.41) is 0. The molecule has 0 saturated carbocycles. The number of methoxy groups -OCH3 is 1. The zero-order valence-electron chi connectivity index (χ0n) is 13.6. The summed E-state index contributed by atoms with van der Waals surface area (Å²) >= 11 is 0. The van der Waals surface area contributed by atoms with Gasteiger partial charge in [-0.3, -0.25) is 0 Å². The second-order valence-corrected chi connectivity index (χ2v) is 7.15. The molecule has 1 aromatic carbocycles. The van der Waals surface area contributed by atoms with Gasteiger partial charge >= 0.3 is 6.09 Å². The lowest BCUT2D eigenvalue weighted by Gasteiger charge is -2.33. The molecule has 1 fully saturated rings. The zero-order valence-corrected chi connectivity index (χ0v) is 14.4. The normalized spacial score (nSPS) is 16.2. The molecule has 0 N–H and O–H groups in total. The molecule has 0 atom stereocenters. The second-order valence-electron chi connectivity index (χ2n) is 5.24. The summed E-state index contributed by atoms with van der Waals surface area (Å²) in [7, 11) is -2.21. The van der Waals surface area contributed by atoms with Gasteiger partial charge in [-0.15, -0.1) is 0 Å². The number of nitrogens with zero attached hydrogens (tertiary/aromatic N) is 2. The number of hydrogen-bond acceptors (Lipinski definition) is 5. The Kier molecular flexibility index (Phi) is 5.48. The number of hydrogen-bond donors (Lipinski definition) is 0. The molecular weight excluding hydrogens is 320 g/mol. The van der Waals surface area contributed by atoms with E-state index >= 15 is 0 Å². The molecule has 1 saturated heterocycles. The Labute approximate surface area is 136 Å². The summed E-state index contributed by atoms with van der Waals surface area (Å²) in [4.78, 5) is 13.4. The number of aryl methyl sites for hydroxylation is 1. The first-order valence-corrected chi connectivity index (χ1v) is 8.90. The van der Waals surface area contributed by atoms with E-state index in [0.29, 0.717) is 25.4 Å². The van der Waals surface area contributed by atoms with Crippen LogP contribution in [0.4, 0.5) is 4.79 Å². The summed E-state index contributed by atoms with van der Waals surface area (Å²) in [6, 6.07) is 5.06. The average Bonchev–Trinajstić information content (AvgIpc) is 2.55. The highest BCUT2D eigenvalue weighted by Crippen LogP contribution is 2.28. The van der Waals surface area contributed by atoms with Crippen molar-refractivity contribution in [3.8, 4) is 5.75 Å². The highest BCUT2D eigenvalue weighted by Gasteiger charge is 2.32. The van der Waals surface area contributed by atoms with Crippen LogP contribution < -0.4 is 4.74 Å². The van der Waals surface area contributed by atoms with Crippen LogP contribution in [-0.4, -0.2) is 63.6 Å². The van der Waals surface area contributed by atoms with Crippen molar-refractivity contribution >= 4 is 16.1 Å². The Hall–Kier alpha value is -1.80. The molecule has 0 bridgehead atoms. The van der Waals surface area contributed by atoms with Gasteiger partial charge in [0, 0.05) is 26.2 Å². The fourth-order valence-corrected chi connectivity index (χ4v) is 4.11. The minimum absolute atomic E-state index is 0.157. The van der Waals surface area contributed by atoms with Crippen molar-refractivity contribution in [3.63, 3.8) is 0 Å². The molecule has 1 aromatic rings. The topological polar surface area (TPSA) is 76.2 Å².